The molecule has 2 aliphatic heterocycles. The first-order chi connectivity index (χ1) is 19.9. The van der Waals surface area contributed by atoms with E-state index in [9.17, 15) is 14.3 Å². The second-order valence-electron chi connectivity index (χ2n) is 11.2. The van der Waals surface area contributed by atoms with Crippen LogP contribution in [0.3, 0.4) is 0 Å². The van der Waals surface area contributed by atoms with E-state index >= 15 is 0 Å². The molecule has 3 aromatic carbocycles. The van der Waals surface area contributed by atoms with Crippen molar-refractivity contribution in [3.8, 4) is 16.2 Å². The topological polar surface area (TPSA) is 72.5 Å². The summed E-state index contributed by atoms with van der Waals surface area (Å²) in [5.41, 5.74) is 5.39. The van der Waals surface area contributed by atoms with Crippen LogP contribution in [0.25, 0.3) is 21.5 Å². The van der Waals surface area contributed by atoms with Gasteiger partial charge in [-0.1, -0.05) is 36.4 Å². The second kappa shape index (κ2) is 10.4. The van der Waals surface area contributed by atoms with Gasteiger partial charge in [-0.15, -0.1) is 11.3 Å². The SMILES string of the molecule is CN1CCC(c2ccc(-c3cc4c(s3)C(=O)N(C(c3nc5ccccc5[nH]3)c3cc(F)ccc3O)CC4)cc2)CC1. The van der Waals surface area contributed by atoms with Crippen LogP contribution < -0.4 is 0 Å². The van der Waals surface area contributed by atoms with Gasteiger partial charge in [-0.3, -0.25) is 4.79 Å². The number of phenols is 1. The molecule has 2 aliphatic rings. The van der Waals surface area contributed by atoms with Crippen LogP contribution in [0.4, 0.5) is 4.39 Å². The fraction of sp³-hybridized carbons (Fsp3) is 0.273. The summed E-state index contributed by atoms with van der Waals surface area (Å²) in [6.07, 6.45) is 3.03. The number of piperidine rings is 1. The summed E-state index contributed by atoms with van der Waals surface area (Å²) in [4.78, 5) is 28.0. The number of amides is 1. The molecule has 1 amide bonds. The highest BCUT2D eigenvalue weighted by molar-refractivity contribution is 7.17. The van der Waals surface area contributed by atoms with E-state index < -0.39 is 11.9 Å². The van der Waals surface area contributed by atoms with Crippen LogP contribution >= 0.6 is 11.3 Å². The fourth-order valence-electron chi connectivity index (χ4n) is 6.23. The fourth-order valence-corrected chi connectivity index (χ4v) is 7.40. The van der Waals surface area contributed by atoms with Crippen LogP contribution in [0.1, 0.15) is 57.0 Å². The third-order valence-electron chi connectivity index (χ3n) is 8.53. The lowest BCUT2D eigenvalue weighted by Gasteiger charge is -2.34. The molecule has 41 heavy (non-hydrogen) atoms. The Morgan fingerprint density at radius 2 is 1.80 bits per heavy atom. The van der Waals surface area contributed by atoms with Crippen molar-refractivity contribution in [1.82, 2.24) is 19.8 Å². The van der Waals surface area contributed by atoms with Gasteiger partial charge in [0.1, 0.15) is 23.4 Å². The molecule has 5 aromatic rings. The average molecular weight is 567 g/mol. The van der Waals surface area contributed by atoms with Gasteiger partial charge in [-0.2, -0.15) is 0 Å². The molecular weight excluding hydrogens is 535 g/mol. The van der Waals surface area contributed by atoms with Crippen molar-refractivity contribution in [2.45, 2.75) is 31.2 Å². The number of phenolic OH excluding ortho intramolecular Hbond substituents is 1. The number of hydrogen-bond donors (Lipinski definition) is 2. The molecule has 7 rings (SSSR count). The minimum atomic E-state index is -0.766. The van der Waals surface area contributed by atoms with Gasteiger partial charge in [-0.25, -0.2) is 9.37 Å². The van der Waals surface area contributed by atoms with Gasteiger partial charge >= 0.3 is 0 Å². The summed E-state index contributed by atoms with van der Waals surface area (Å²) in [5, 5.41) is 10.8. The summed E-state index contributed by atoms with van der Waals surface area (Å²) in [6, 6.07) is 21.6. The Balaban J connectivity index is 1.21. The van der Waals surface area contributed by atoms with Crippen LogP contribution in [0.2, 0.25) is 0 Å². The number of aromatic amines is 1. The van der Waals surface area contributed by atoms with Gasteiger partial charge in [0.25, 0.3) is 5.91 Å². The molecule has 6 nitrogen and oxygen atoms in total. The van der Waals surface area contributed by atoms with Crippen molar-refractivity contribution >= 4 is 28.3 Å². The number of aromatic hydroxyl groups is 1. The molecule has 0 spiro atoms. The Hall–Kier alpha value is -4.01. The molecule has 1 fully saturated rings. The third-order valence-corrected chi connectivity index (χ3v) is 9.75. The molecule has 1 atom stereocenters. The quantitative estimate of drug-likeness (QED) is 0.247. The lowest BCUT2D eigenvalue weighted by molar-refractivity contribution is 0.0687. The standard InChI is InChI=1S/C33H31FN4O2S/c1-37-15-12-21(13-16-37)20-6-8-22(9-7-20)29-18-23-14-17-38(33(40)31(23)41-29)30(25-19-24(34)10-11-28(25)39)32-35-26-4-2-3-5-27(26)36-32/h2-11,18-19,21,30,39H,12-17H2,1H3,(H,35,36). The van der Waals surface area contributed by atoms with E-state index in [4.69, 9.17) is 4.98 Å². The molecule has 4 heterocycles. The minimum Gasteiger partial charge on any atom is -0.508 e. The van der Waals surface area contributed by atoms with Gasteiger partial charge < -0.3 is 19.9 Å². The van der Waals surface area contributed by atoms with Crippen LogP contribution in [-0.4, -0.2) is 57.5 Å². The maximum absolute atomic E-state index is 14.4. The van der Waals surface area contributed by atoms with E-state index in [0.29, 0.717) is 35.1 Å². The van der Waals surface area contributed by atoms with E-state index in [1.54, 1.807) is 4.90 Å². The molecule has 0 radical (unpaired) electrons. The molecule has 208 valence electrons. The second-order valence-corrected chi connectivity index (χ2v) is 12.2. The van der Waals surface area contributed by atoms with Gasteiger partial charge in [0, 0.05) is 17.0 Å². The summed E-state index contributed by atoms with van der Waals surface area (Å²) in [7, 11) is 2.18. The molecule has 1 unspecified atom stereocenters. The summed E-state index contributed by atoms with van der Waals surface area (Å²) in [5.74, 6) is 0.393. The summed E-state index contributed by atoms with van der Waals surface area (Å²) >= 11 is 1.50. The first kappa shape index (κ1) is 25.9. The van der Waals surface area contributed by atoms with Crippen molar-refractivity contribution in [2.75, 3.05) is 26.7 Å². The number of para-hydroxylation sites is 2. The normalized spacial score (nSPS) is 17.2. The molecule has 0 aliphatic carbocycles. The smallest absolute Gasteiger partial charge is 0.265 e. The summed E-state index contributed by atoms with van der Waals surface area (Å²) < 4.78 is 14.4. The van der Waals surface area contributed by atoms with E-state index in [2.05, 4.69) is 47.3 Å². The molecule has 8 heteroatoms. The number of thiophene rings is 1. The molecule has 2 aromatic heterocycles. The summed E-state index contributed by atoms with van der Waals surface area (Å²) in [6.45, 7) is 2.69. The number of rotatable bonds is 5. The van der Waals surface area contributed by atoms with Gasteiger partial charge in [0.15, 0.2) is 0 Å². The van der Waals surface area contributed by atoms with Crippen molar-refractivity contribution in [3.63, 3.8) is 0 Å². The van der Waals surface area contributed by atoms with Crippen LogP contribution in [0, 0.1) is 5.82 Å². The van der Waals surface area contributed by atoms with Crippen LogP contribution in [0.5, 0.6) is 5.75 Å². The van der Waals surface area contributed by atoms with Crippen molar-refractivity contribution in [1.29, 1.82) is 0 Å². The Bertz CT molecular complexity index is 1700. The number of aromatic nitrogens is 2. The molecule has 0 saturated carbocycles. The number of fused-ring (bicyclic) bond motifs is 2. The van der Waals surface area contributed by atoms with E-state index in [0.717, 1.165) is 40.1 Å². The number of nitrogens with zero attached hydrogens (tertiary/aromatic N) is 3. The first-order valence-electron chi connectivity index (χ1n) is 14.1. The number of hydrogen-bond acceptors (Lipinski definition) is 5. The van der Waals surface area contributed by atoms with Crippen molar-refractivity contribution in [3.05, 3.63) is 106 Å². The largest absolute Gasteiger partial charge is 0.508 e. The zero-order valence-electron chi connectivity index (χ0n) is 22.8. The molecule has 0 bridgehead atoms. The highest BCUT2D eigenvalue weighted by Crippen LogP contribution is 2.41. The van der Waals surface area contributed by atoms with E-state index in [-0.39, 0.29) is 11.7 Å². The van der Waals surface area contributed by atoms with E-state index in [1.807, 2.05) is 24.3 Å². The van der Waals surface area contributed by atoms with Gasteiger partial charge in [0.05, 0.1) is 15.9 Å². The average Bonchev–Trinajstić information content (AvgIpc) is 3.62. The molecule has 2 N–H and O–H groups in total. The van der Waals surface area contributed by atoms with Crippen molar-refractivity contribution < 1.29 is 14.3 Å². The lowest BCUT2D eigenvalue weighted by Crippen LogP contribution is -2.40. The number of nitrogens with one attached hydrogen (secondary N) is 1. The number of H-pyrrole nitrogens is 1. The Labute approximate surface area is 242 Å². The predicted molar refractivity (Wildman–Crippen MR) is 160 cm³/mol. The Morgan fingerprint density at radius 3 is 2.59 bits per heavy atom. The Morgan fingerprint density at radius 1 is 1.02 bits per heavy atom. The first-order valence-corrected chi connectivity index (χ1v) is 14.9. The van der Waals surface area contributed by atoms with Gasteiger partial charge in [0.2, 0.25) is 0 Å². The Kier molecular flexibility index (Phi) is 6.60. The highest BCUT2D eigenvalue weighted by atomic mass is 32.1. The van der Waals surface area contributed by atoms with Crippen LogP contribution in [0.15, 0.2) is 72.8 Å². The number of benzene rings is 3. The zero-order valence-corrected chi connectivity index (χ0v) is 23.6. The molecule has 1 saturated heterocycles. The zero-order chi connectivity index (χ0) is 28.1. The maximum Gasteiger partial charge on any atom is 0.265 e. The maximum atomic E-state index is 14.4. The molecular formula is C33H31FN4O2S. The number of imidazole rings is 1. The highest BCUT2D eigenvalue weighted by Gasteiger charge is 2.36. The third kappa shape index (κ3) is 4.81. The number of carbonyl (C=O) groups excluding carboxylic acids is 1. The van der Waals surface area contributed by atoms with E-state index in [1.165, 1.54) is 47.9 Å². The predicted octanol–water partition coefficient (Wildman–Crippen LogP) is 6.73. The van der Waals surface area contributed by atoms with Gasteiger partial charge in [-0.05, 0) is 98.4 Å². The number of carbonyl (C=O) groups is 1. The number of likely N-dealkylation sites (tertiary alicyclic amines) is 1. The van der Waals surface area contributed by atoms with Crippen LogP contribution in [-0.2, 0) is 6.42 Å². The van der Waals surface area contributed by atoms with Crippen molar-refractivity contribution in [2.24, 2.45) is 0 Å². The number of halogens is 1. The minimum absolute atomic E-state index is 0.0768. The monoisotopic (exact) mass is 566 g/mol. The lowest BCUT2D eigenvalue weighted by atomic mass is 9.89.